The van der Waals surface area contributed by atoms with Crippen LogP contribution in [-0.4, -0.2) is 31.5 Å². The molecule has 3 aliphatic rings. The Morgan fingerprint density at radius 2 is 2.30 bits per heavy atom. The second-order valence-corrected chi connectivity index (χ2v) is 3.49. The highest BCUT2D eigenvalue weighted by Gasteiger charge is 2.61. The van der Waals surface area contributed by atoms with Crippen LogP contribution in [-0.2, 0) is 4.74 Å². The number of halogens is 1. The molecule has 2 nitrogen and oxygen atoms in total. The molecule has 58 valence electrons. The molecule has 1 saturated carbocycles. The number of nitrogens with one attached hydrogen (secondary N) is 1. The lowest BCUT2D eigenvalue weighted by Gasteiger charge is -2.42. The second kappa shape index (κ2) is 1.71. The Labute approximate surface area is 59.7 Å². The fourth-order valence-corrected chi connectivity index (χ4v) is 2.06. The molecule has 1 N–H and O–H groups in total. The number of hydrogen-bond donors (Lipinski definition) is 1. The summed E-state index contributed by atoms with van der Waals surface area (Å²) in [7, 11) is 1.91. The van der Waals surface area contributed by atoms with Crippen molar-refractivity contribution in [3.63, 3.8) is 0 Å². The molecule has 3 rings (SSSR count). The molecule has 0 radical (unpaired) electrons. The maximum absolute atomic E-state index is 12.3. The van der Waals surface area contributed by atoms with Gasteiger partial charge in [-0.3, -0.25) is 0 Å². The van der Waals surface area contributed by atoms with Gasteiger partial charge in [-0.25, -0.2) is 4.39 Å². The average Bonchev–Trinajstić information content (AvgIpc) is 2.40. The minimum absolute atomic E-state index is 0.131. The quantitative estimate of drug-likeness (QED) is 0.610. The summed E-state index contributed by atoms with van der Waals surface area (Å²) in [4.78, 5) is 0. The van der Waals surface area contributed by atoms with E-state index in [2.05, 4.69) is 5.32 Å². The minimum Gasteiger partial charge on any atom is -0.370 e. The molecule has 0 aromatic heterocycles. The molecule has 0 amide bonds. The van der Waals surface area contributed by atoms with Gasteiger partial charge in [-0.2, -0.15) is 0 Å². The van der Waals surface area contributed by atoms with Crippen LogP contribution in [0.4, 0.5) is 4.39 Å². The lowest BCUT2D eigenvalue weighted by atomic mass is 9.69. The van der Waals surface area contributed by atoms with E-state index in [0.29, 0.717) is 6.61 Å². The molecule has 3 fully saturated rings. The van der Waals surface area contributed by atoms with Crippen LogP contribution < -0.4 is 5.32 Å². The van der Waals surface area contributed by atoms with Gasteiger partial charge in [0, 0.05) is 5.54 Å². The molecule has 0 spiro atoms. The summed E-state index contributed by atoms with van der Waals surface area (Å²) in [5, 5.41) is 3.17. The smallest absolute Gasteiger partial charge is 0.119 e. The predicted molar refractivity (Wildman–Crippen MR) is 35.7 cm³/mol. The number of rotatable bonds is 2. The molecule has 10 heavy (non-hydrogen) atoms. The third-order valence-electron chi connectivity index (χ3n) is 2.75. The Hall–Kier alpha value is -0.150. The van der Waals surface area contributed by atoms with E-state index in [9.17, 15) is 4.39 Å². The summed E-state index contributed by atoms with van der Waals surface area (Å²) in [5.41, 5.74) is -0.255. The van der Waals surface area contributed by atoms with Crippen molar-refractivity contribution >= 4 is 0 Å². The number of fused-ring (bicyclic) bond motifs is 1. The molecular formula is C7H12FNO. The highest BCUT2D eigenvalue weighted by molar-refractivity contribution is 5.16. The summed E-state index contributed by atoms with van der Waals surface area (Å²) in [5.74, 6) is 0. The summed E-state index contributed by atoms with van der Waals surface area (Å²) in [6.45, 7) is 0.365. The highest BCUT2D eigenvalue weighted by Crippen LogP contribution is 2.51. The van der Waals surface area contributed by atoms with Crippen LogP contribution in [0.1, 0.15) is 12.8 Å². The van der Waals surface area contributed by atoms with Crippen LogP contribution in [0, 0.1) is 0 Å². The molecule has 2 aliphatic heterocycles. The van der Waals surface area contributed by atoms with Gasteiger partial charge >= 0.3 is 0 Å². The van der Waals surface area contributed by atoms with E-state index < -0.39 is 0 Å². The zero-order valence-electron chi connectivity index (χ0n) is 6.11. The van der Waals surface area contributed by atoms with E-state index in [0.717, 1.165) is 12.8 Å². The number of likely N-dealkylation sites (N-methyl/N-ethyl adjacent to an activating group) is 1. The van der Waals surface area contributed by atoms with Gasteiger partial charge in [-0.1, -0.05) is 0 Å². The number of alkyl halides is 1. The second-order valence-electron chi connectivity index (χ2n) is 3.49. The van der Waals surface area contributed by atoms with Crippen molar-refractivity contribution in [2.45, 2.75) is 24.0 Å². The van der Waals surface area contributed by atoms with Gasteiger partial charge < -0.3 is 10.1 Å². The van der Waals surface area contributed by atoms with Crippen molar-refractivity contribution in [2.75, 3.05) is 20.3 Å². The molecule has 0 aromatic carbocycles. The van der Waals surface area contributed by atoms with Crippen LogP contribution in [0.3, 0.4) is 0 Å². The Bertz CT molecular complexity index is 138. The third-order valence-corrected chi connectivity index (χ3v) is 2.75. The number of ether oxygens (including phenoxy) is 1. The van der Waals surface area contributed by atoms with Crippen molar-refractivity contribution in [1.29, 1.82) is 0 Å². The van der Waals surface area contributed by atoms with E-state index in [1.165, 1.54) is 0 Å². The minimum atomic E-state index is -0.386. The fourth-order valence-electron chi connectivity index (χ4n) is 2.06. The van der Waals surface area contributed by atoms with E-state index in [4.69, 9.17) is 4.74 Å². The monoisotopic (exact) mass is 145 g/mol. The topological polar surface area (TPSA) is 21.3 Å². The van der Waals surface area contributed by atoms with Gasteiger partial charge in [0.2, 0.25) is 0 Å². The lowest BCUT2D eigenvalue weighted by molar-refractivity contribution is -0.0252. The summed E-state index contributed by atoms with van der Waals surface area (Å²) >= 11 is 0. The Morgan fingerprint density at radius 1 is 1.60 bits per heavy atom. The molecule has 3 heteroatoms. The van der Waals surface area contributed by atoms with Crippen molar-refractivity contribution in [3.8, 4) is 0 Å². The normalized spacial score (nSPS) is 51.0. The first kappa shape index (κ1) is 6.55. The van der Waals surface area contributed by atoms with Gasteiger partial charge in [0.25, 0.3) is 0 Å². The van der Waals surface area contributed by atoms with Crippen LogP contribution in [0.15, 0.2) is 0 Å². The van der Waals surface area contributed by atoms with Crippen LogP contribution in [0.25, 0.3) is 0 Å². The molecule has 0 unspecified atom stereocenters. The molecule has 2 saturated heterocycles. The van der Waals surface area contributed by atoms with Crippen molar-refractivity contribution < 1.29 is 9.13 Å². The van der Waals surface area contributed by atoms with Crippen molar-refractivity contribution in [3.05, 3.63) is 0 Å². The molecule has 2 bridgehead atoms. The first-order valence-corrected chi connectivity index (χ1v) is 3.63. The largest absolute Gasteiger partial charge is 0.370 e. The van der Waals surface area contributed by atoms with Crippen LogP contribution in [0.2, 0.25) is 0 Å². The first-order chi connectivity index (χ1) is 4.74. The van der Waals surface area contributed by atoms with Gasteiger partial charge in [-0.05, 0) is 19.9 Å². The zero-order chi connectivity index (χ0) is 7.24. The Balaban J connectivity index is 2.06. The van der Waals surface area contributed by atoms with Gasteiger partial charge in [0.1, 0.15) is 12.3 Å². The van der Waals surface area contributed by atoms with E-state index in [1.54, 1.807) is 0 Å². The average molecular weight is 145 g/mol. The van der Waals surface area contributed by atoms with E-state index >= 15 is 0 Å². The molecule has 1 aliphatic carbocycles. The molecule has 2 heterocycles. The van der Waals surface area contributed by atoms with E-state index in [-0.39, 0.29) is 17.8 Å². The third kappa shape index (κ3) is 0.596. The molecule has 0 atom stereocenters. The summed E-state index contributed by atoms with van der Waals surface area (Å²) in [6, 6.07) is 0. The summed E-state index contributed by atoms with van der Waals surface area (Å²) in [6.07, 6.45) is 1.71. The Kier molecular flexibility index (Phi) is 1.12. The first-order valence-electron chi connectivity index (χ1n) is 3.63. The zero-order valence-corrected chi connectivity index (χ0v) is 6.11. The lowest BCUT2D eigenvalue weighted by Crippen LogP contribution is -2.57. The van der Waals surface area contributed by atoms with Crippen molar-refractivity contribution in [1.82, 2.24) is 5.32 Å². The molecular weight excluding hydrogens is 133 g/mol. The summed E-state index contributed by atoms with van der Waals surface area (Å²) < 4.78 is 17.6. The number of hydrogen-bond acceptors (Lipinski definition) is 2. The fraction of sp³-hybridized carbons (Fsp3) is 1.00. The Morgan fingerprint density at radius 3 is 2.60 bits per heavy atom. The van der Waals surface area contributed by atoms with E-state index in [1.807, 2.05) is 7.05 Å². The predicted octanol–water partition coefficient (Wildman–Crippen LogP) is 0.477. The van der Waals surface area contributed by atoms with Crippen molar-refractivity contribution in [2.24, 2.45) is 0 Å². The van der Waals surface area contributed by atoms with Gasteiger partial charge in [0.05, 0.1) is 6.61 Å². The maximum atomic E-state index is 12.3. The highest BCUT2D eigenvalue weighted by atomic mass is 19.1. The van der Waals surface area contributed by atoms with Gasteiger partial charge in [-0.15, -0.1) is 0 Å². The standard InChI is InChI=1S/C7H12FNO/c1-9-6-2-7(3-6,4-8)10-5-6/h9H,2-5H2,1H3. The van der Waals surface area contributed by atoms with Crippen LogP contribution in [0.5, 0.6) is 0 Å². The maximum Gasteiger partial charge on any atom is 0.119 e. The SMILES string of the molecule is CNC12COC(CF)(C1)C2. The van der Waals surface area contributed by atoms with Crippen LogP contribution >= 0.6 is 0 Å². The molecule has 0 aromatic rings. The van der Waals surface area contributed by atoms with Gasteiger partial charge in [0.15, 0.2) is 0 Å².